The number of fused-ring (bicyclic) bond motifs is 1. The second-order valence-corrected chi connectivity index (χ2v) is 4.35. The van der Waals surface area contributed by atoms with Crippen molar-refractivity contribution in [3.8, 4) is 0 Å². The van der Waals surface area contributed by atoms with Crippen LogP contribution in [0, 0.1) is 0 Å². The van der Waals surface area contributed by atoms with Gasteiger partial charge >= 0.3 is 5.97 Å². The quantitative estimate of drug-likeness (QED) is 0.840. The Kier molecular flexibility index (Phi) is 2.98. The fourth-order valence-corrected chi connectivity index (χ4v) is 2.13. The van der Waals surface area contributed by atoms with Crippen LogP contribution < -0.4 is 0 Å². The van der Waals surface area contributed by atoms with Gasteiger partial charge in [0.2, 0.25) is 0 Å². The van der Waals surface area contributed by atoms with Crippen LogP contribution in [0.2, 0.25) is 0 Å². The highest BCUT2D eigenvalue weighted by Gasteiger charge is 2.20. The molecule has 0 amide bonds. The number of esters is 1. The third-order valence-corrected chi connectivity index (χ3v) is 3.09. The van der Waals surface area contributed by atoms with Crippen LogP contribution in [0.3, 0.4) is 0 Å². The molecule has 2 heterocycles. The third-order valence-electron chi connectivity index (χ3n) is 3.09. The van der Waals surface area contributed by atoms with Crippen LogP contribution in [0.5, 0.6) is 0 Å². The number of hydrogen-bond donors (Lipinski definition) is 1. The van der Waals surface area contributed by atoms with Crippen molar-refractivity contribution in [2.24, 2.45) is 0 Å². The van der Waals surface area contributed by atoms with Crippen molar-refractivity contribution >= 4 is 16.9 Å². The lowest BCUT2D eigenvalue weighted by Gasteiger charge is -2.09. The zero-order chi connectivity index (χ0) is 12.4. The number of aromatic nitrogens is 2. The molecule has 1 fully saturated rings. The molecule has 1 aliphatic heterocycles. The van der Waals surface area contributed by atoms with Crippen molar-refractivity contribution in [1.29, 1.82) is 0 Å². The van der Waals surface area contributed by atoms with E-state index in [4.69, 9.17) is 9.47 Å². The summed E-state index contributed by atoms with van der Waals surface area (Å²) in [6.45, 7) is 1.06. The molecule has 5 nitrogen and oxygen atoms in total. The van der Waals surface area contributed by atoms with Crippen LogP contribution >= 0.6 is 0 Å². The Hall–Kier alpha value is -1.88. The molecule has 1 N–H and O–H groups in total. The summed E-state index contributed by atoms with van der Waals surface area (Å²) in [6, 6.07) is 7.48. The predicted molar refractivity (Wildman–Crippen MR) is 65.4 cm³/mol. The van der Waals surface area contributed by atoms with Gasteiger partial charge in [0.15, 0.2) is 5.69 Å². The second kappa shape index (κ2) is 4.78. The van der Waals surface area contributed by atoms with E-state index in [0.29, 0.717) is 12.3 Å². The summed E-state index contributed by atoms with van der Waals surface area (Å²) in [7, 11) is 0. The summed E-state index contributed by atoms with van der Waals surface area (Å²) in [5.74, 6) is -0.400. The van der Waals surface area contributed by atoms with E-state index in [1.165, 1.54) is 0 Å². The van der Waals surface area contributed by atoms with Gasteiger partial charge < -0.3 is 9.47 Å². The number of nitrogens with zero attached hydrogens (tertiary/aromatic N) is 1. The summed E-state index contributed by atoms with van der Waals surface area (Å²) in [4.78, 5) is 11.9. The Bertz CT molecular complexity index is 558. The minimum atomic E-state index is -0.400. The molecule has 1 aromatic carbocycles. The Balaban J connectivity index is 1.71. The number of H-pyrrole nitrogens is 1. The van der Waals surface area contributed by atoms with Gasteiger partial charge in [-0.15, -0.1) is 0 Å². The molecule has 0 aliphatic carbocycles. The van der Waals surface area contributed by atoms with Crippen LogP contribution in [-0.2, 0) is 9.47 Å². The topological polar surface area (TPSA) is 64.2 Å². The minimum absolute atomic E-state index is 0.0409. The first-order chi connectivity index (χ1) is 8.84. The lowest BCUT2D eigenvalue weighted by Crippen LogP contribution is -2.18. The van der Waals surface area contributed by atoms with E-state index >= 15 is 0 Å². The smallest absolute Gasteiger partial charge is 0.359 e. The van der Waals surface area contributed by atoms with Crippen LogP contribution in [-0.4, -0.2) is 35.5 Å². The summed E-state index contributed by atoms with van der Waals surface area (Å²) >= 11 is 0. The average Bonchev–Trinajstić information content (AvgIpc) is 3.05. The monoisotopic (exact) mass is 246 g/mol. The van der Waals surface area contributed by atoms with E-state index in [1.807, 2.05) is 24.3 Å². The van der Waals surface area contributed by atoms with Crippen LogP contribution in [0.25, 0.3) is 10.9 Å². The number of nitrogens with one attached hydrogen (secondary N) is 1. The number of aromatic amines is 1. The molecular weight excluding hydrogens is 232 g/mol. The summed E-state index contributed by atoms with van der Waals surface area (Å²) < 4.78 is 10.6. The van der Waals surface area contributed by atoms with Gasteiger partial charge in [0.25, 0.3) is 0 Å². The van der Waals surface area contributed by atoms with Gasteiger partial charge in [-0.25, -0.2) is 4.79 Å². The first-order valence-electron chi connectivity index (χ1n) is 6.06. The fourth-order valence-electron chi connectivity index (χ4n) is 2.13. The first kappa shape index (κ1) is 11.2. The molecule has 1 aliphatic rings. The average molecular weight is 246 g/mol. The Labute approximate surface area is 104 Å². The molecule has 3 rings (SSSR count). The molecule has 0 bridgehead atoms. The van der Waals surface area contributed by atoms with Crippen molar-refractivity contribution in [2.45, 2.75) is 18.9 Å². The van der Waals surface area contributed by atoms with Crippen molar-refractivity contribution < 1.29 is 14.3 Å². The Morgan fingerprint density at radius 3 is 3.22 bits per heavy atom. The Morgan fingerprint density at radius 2 is 2.39 bits per heavy atom. The molecule has 1 atom stereocenters. The maximum atomic E-state index is 11.9. The molecular formula is C13H14N2O3. The Morgan fingerprint density at radius 1 is 1.50 bits per heavy atom. The number of para-hydroxylation sites is 1. The predicted octanol–water partition coefficient (Wildman–Crippen LogP) is 1.90. The van der Waals surface area contributed by atoms with Gasteiger partial charge in [-0.3, -0.25) is 5.10 Å². The van der Waals surface area contributed by atoms with E-state index in [0.717, 1.165) is 30.4 Å². The van der Waals surface area contributed by atoms with Crippen LogP contribution in [0.15, 0.2) is 24.3 Å². The van der Waals surface area contributed by atoms with Gasteiger partial charge in [0.1, 0.15) is 6.61 Å². The molecule has 0 radical (unpaired) electrons. The first-order valence-corrected chi connectivity index (χ1v) is 6.06. The number of carbonyl (C=O) groups is 1. The van der Waals surface area contributed by atoms with Gasteiger partial charge in [0, 0.05) is 12.0 Å². The standard InChI is InChI=1S/C13H14N2O3/c16-13(18-8-9-4-3-7-17-9)12-10-5-1-2-6-11(10)14-15-12/h1-2,5-6,9H,3-4,7-8H2,(H,14,15). The number of benzene rings is 1. The minimum Gasteiger partial charge on any atom is -0.458 e. The van der Waals surface area contributed by atoms with Crippen LogP contribution in [0.4, 0.5) is 0 Å². The normalized spacial score (nSPS) is 19.2. The van der Waals surface area contributed by atoms with Crippen LogP contribution in [0.1, 0.15) is 23.3 Å². The SMILES string of the molecule is O=C(OCC1CCCO1)c1n[nH]c2ccccc12. The van der Waals surface area contributed by atoms with E-state index < -0.39 is 5.97 Å². The zero-order valence-corrected chi connectivity index (χ0v) is 9.89. The van der Waals surface area contributed by atoms with Gasteiger partial charge in [-0.05, 0) is 18.9 Å². The molecule has 2 aromatic rings. The van der Waals surface area contributed by atoms with E-state index in [1.54, 1.807) is 0 Å². The lowest BCUT2D eigenvalue weighted by atomic mass is 10.2. The maximum absolute atomic E-state index is 11.9. The maximum Gasteiger partial charge on any atom is 0.359 e. The van der Waals surface area contributed by atoms with Crippen molar-refractivity contribution in [3.63, 3.8) is 0 Å². The molecule has 0 spiro atoms. The number of rotatable bonds is 3. The molecule has 0 saturated carbocycles. The molecule has 1 saturated heterocycles. The van der Waals surface area contributed by atoms with E-state index in [2.05, 4.69) is 10.2 Å². The number of ether oxygens (including phenoxy) is 2. The summed E-state index contributed by atoms with van der Waals surface area (Å²) in [5.41, 5.74) is 1.17. The number of hydrogen-bond acceptors (Lipinski definition) is 4. The van der Waals surface area contributed by atoms with Gasteiger partial charge in [-0.1, -0.05) is 18.2 Å². The molecule has 5 heteroatoms. The number of carbonyl (C=O) groups excluding carboxylic acids is 1. The van der Waals surface area contributed by atoms with Crippen molar-refractivity contribution in [3.05, 3.63) is 30.0 Å². The highest BCUT2D eigenvalue weighted by Crippen LogP contribution is 2.17. The van der Waals surface area contributed by atoms with Crippen molar-refractivity contribution in [2.75, 3.05) is 13.2 Å². The molecule has 94 valence electrons. The van der Waals surface area contributed by atoms with Gasteiger partial charge in [0.05, 0.1) is 11.6 Å². The highest BCUT2D eigenvalue weighted by molar-refractivity contribution is 6.01. The largest absolute Gasteiger partial charge is 0.458 e. The lowest BCUT2D eigenvalue weighted by molar-refractivity contribution is 0.0158. The van der Waals surface area contributed by atoms with Gasteiger partial charge in [-0.2, -0.15) is 5.10 Å². The molecule has 1 unspecified atom stereocenters. The molecule has 1 aromatic heterocycles. The summed E-state index contributed by atoms with van der Waals surface area (Å²) in [6.07, 6.45) is 2.03. The third kappa shape index (κ3) is 2.09. The molecule has 18 heavy (non-hydrogen) atoms. The fraction of sp³-hybridized carbons (Fsp3) is 0.385. The zero-order valence-electron chi connectivity index (χ0n) is 9.89. The highest BCUT2D eigenvalue weighted by atomic mass is 16.6. The second-order valence-electron chi connectivity index (χ2n) is 4.35. The van der Waals surface area contributed by atoms with E-state index in [-0.39, 0.29) is 6.10 Å². The summed E-state index contributed by atoms with van der Waals surface area (Å²) in [5, 5.41) is 7.60. The van der Waals surface area contributed by atoms with E-state index in [9.17, 15) is 4.79 Å². The van der Waals surface area contributed by atoms with Crippen molar-refractivity contribution in [1.82, 2.24) is 10.2 Å².